The molecule has 2 rings (SSSR count). The van der Waals surface area contributed by atoms with Gasteiger partial charge in [0.15, 0.2) is 9.84 Å². The zero-order valence-electron chi connectivity index (χ0n) is 15.2. The van der Waals surface area contributed by atoms with Crippen molar-refractivity contribution in [3.05, 3.63) is 54.6 Å². The highest BCUT2D eigenvalue weighted by Crippen LogP contribution is 2.24. The molecule has 26 heavy (non-hydrogen) atoms. The van der Waals surface area contributed by atoms with E-state index in [1.165, 1.54) is 4.90 Å². The number of unbranched alkanes of at least 4 members (excludes halogenated alkanes) is 2. The molecule has 0 N–H and O–H groups in total. The number of carbonyl (C=O) groups is 1. The molecule has 0 unspecified atom stereocenters. The summed E-state index contributed by atoms with van der Waals surface area (Å²) in [7, 11) is -1.79. The summed E-state index contributed by atoms with van der Waals surface area (Å²) in [6.45, 7) is 2.01. The maximum Gasteiger partial charge on any atom is 0.241 e. The van der Waals surface area contributed by atoms with Crippen molar-refractivity contribution in [1.29, 1.82) is 0 Å². The molecule has 0 spiro atoms. The van der Waals surface area contributed by atoms with Crippen molar-refractivity contribution in [3.8, 4) is 11.5 Å². The molecule has 1 amide bonds. The fourth-order valence-electron chi connectivity index (χ4n) is 2.44. The molecule has 0 aromatic heterocycles. The van der Waals surface area contributed by atoms with E-state index in [2.05, 4.69) is 0 Å². The number of benzene rings is 2. The van der Waals surface area contributed by atoms with Gasteiger partial charge < -0.3 is 9.64 Å². The lowest BCUT2D eigenvalue weighted by molar-refractivity contribution is -0.115. The molecule has 2 aromatic carbocycles. The Bertz CT molecular complexity index is 801. The molecule has 0 heterocycles. The van der Waals surface area contributed by atoms with Crippen molar-refractivity contribution >= 4 is 21.4 Å². The number of hydrogen-bond acceptors (Lipinski definition) is 4. The van der Waals surface area contributed by atoms with E-state index in [0.717, 1.165) is 18.6 Å². The van der Waals surface area contributed by atoms with Gasteiger partial charge in [0.2, 0.25) is 5.91 Å². The van der Waals surface area contributed by atoms with Gasteiger partial charge in [-0.25, -0.2) is 8.42 Å². The first-order valence-electron chi connectivity index (χ1n) is 8.71. The molecule has 0 atom stereocenters. The second kappa shape index (κ2) is 9.38. The predicted molar refractivity (Wildman–Crippen MR) is 105 cm³/mol. The Morgan fingerprint density at radius 3 is 2.19 bits per heavy atom. The van der Waals surface area contributed by atoms with E-state index in [0.29, 0.717) is 17.9 Å². The molecule has 0 aliphatic rings. The predicted octanol–water partition coefficient (Wildman–Crippen LogP) is 4.05. The number of amides is 1. The van der Waals surface area contributed by atoms with Crippen molar-refractivity contribution in [2.75, 3.05) is 23.5 Å². The first-order valence-corrected chi connectivity index (χ1v) is 10.5. The van der Waals surface area contributed by atoms with Crippen LogP contribution in [0.15, 0.2) is 54.6 Å². The third kappa shape index (κ3) is 6.19. The van der Waals surface area contributed by atoms with Crippen molar-refractivity contribution < 1.29 is 17.9 Å². The van der Waals surface area contributed by atoms with Crippen LogP contribution in [0.2, 0.25) is 0 Å². The van der Waals surface area contributed by atoms with Crippen LogP contribution in [0, 0.1) is 0 Å². The van der Waals surface area contributed by atoms with E-state index in [1.54, 1.807) is 31.3 Å². The molecule has 140 valence electrons. The van der Waals surface area contributed by atoms with E-state index >= 15 is 0 Å². The number of ether oxygens (including phenoxy) is 1. The Hall–Kier alpha value is -2.34. The zero-order chi connectivity index (χ0) is 19.0. The minimum absolute atomic E-state index is 0.0598. The number of sulfone groups is 1. The maximum atomic E-state index is 12.3. The van der Waals surface area contributed by atoms with Crippen LogP contribution in [-0.2, 0) is 14.6 Å². The molecule has 0 fully saturated rings. The molecule has 0 saturated heterocycles. The van der Waals surface area contributed by atoms with Crippen molar-refractivity contribution in [2.45, 2.75) is 26.2 Å². The van der Waals surface area contributed by atoms with Gasteiger partial charge in [-0.2, -0.15) is 0 Å². The highest BCUT2D eigenvalue weighted by Gasteiger charge is 2.20. The van der Waals surface area contributed by atoms with Gasteiger partial charge in [0.1, 0.15) is 17.3 Å². The number of carbonyl (C=O) groups excluding carboxylic acids is 1. The SMILES string of the molecule is CCCCCS(=O)(=O)CC(=O)N(C)c1ccc(Oc2ccccc2)cc1. The van der Waals surface area contributed by atoms with Gasteiger partial charge in [-0.05, 0) is 42.8 Å². The molecule has 0 saturated carbocycles. The van der Waals surface area contributed by atoms with Crippen LogP contribution in [0.3, 0.4) is 0 Å². The fourth-order valence-corrected chi connectivity index (χ4v) is 3.79. The summed E-state index contributed by atoms with van der Waals surface area (Å²) in [5.41, 5.74) is 0.624. The van der Waals surface area contributed by atoms with Gasteiger partial charge in [0, 0.05) is 12.7 Å². The monoisotopic (exact) mass is 375 g/mol. The van der Waals surface area contributed by atoms with Gasteiger partial charge in [0.25, 0.3) is 0 Å². The summed E-state index contributed by atoms with van der Waals surface area (Å²) < 4.78 is 29.8. The third-order valence-electron chi connectivity index (χ3n) is 3.98. The van der Waals surface area contributed by atoms with Crippen molar-refractivity contribution in [2.24, 2.45) is 0 Å². The molecule has 5 nitrogen and oxygen atoms in total. The normalized spacial score (nSPS) is 11.2. The van der Waals surface area contributed by atoms with Crippen LogP contribution < -0.4 is 9.64 Å². The lowest BCUT2D eigenvalue weighted by atomic mass is 10.2. The standard InChI is InChI=1S/C20H25NO4S/c1-3-4-8-15-26(23,24)16-20(22)21(2)17-11-13-19(14-12-17)25-18-9-6-5-7-10-18/h5-7,9-14H,3-4,8,15-16H2,1-2H3. The first-order chi connectivity index (χ1) is 12.4. The first kappa shape index (κ1) is 20.0. The van der Waals surface area contributed by atoms with Gasteiger partial charge in [-0.1, -0.05) is 38.0 Å². The maximum absolute atomic E-state index is 12.3. The average molecular weight is 375 g/mol. The van der Waals surface area contributed by atoms with Crippen LogP contribution in [-0.4, -0.2) is 32.9 Å². The van der Waals surface area contributed by atoms with Gasteiger partial charge in [-0.15, -0.1) is 0 Å². The quantitative estimate of drug-likeness (QED) is 0.620. The van der Waals surface area contributed by atoms with Crippen molar-refractivity contribution in [3.63, 3.8) is 0 Å². The largest absolute Gasteiger partial charge is 0.457 e. The summed E-state index contributed by atoms with van der Waals surface area (Å²) in [4.78, 5) is 13.6. The van der Waals surface area contributed by atoms with Gasteiger partial charge in [-0.3, -0.25) is 4.79 Å². The van der Waals surface area contributed by atoms with Crippen LogP contribution in [0.5, 0.6) is 11.5 Å². The summed E-state index contributed by atoms with van der Waals surface area (Å²) in [6.07, 6.45) is 2.40. The lowest BCUT2D eigenvalue weighted by Gasteiger charge is -2.18. The summed E-state index contributed by atoms with van der Waals surface area (Å²) in [5.74, 6) is 0.536. The Labute approximate surface area is 155 Å². The Balaban J connectivity index is 1.96. The number of hydrogen-bond donors (Lipinski definition) is 0. The van der Waals surface area contributed by atoms with E-state index in [1.807, 2.05) is 37.3 Å². The minimum atomic E-state index is -3.37. The highest BCUT2D eigenvalue weighted by atomic mass is 32.2. The number of rotatable bonds is 9. The molecule has 2 aromatic rings. The van der Waals surface area contributed by atoms with E-state index < -0.39 is 21.5 Å². The summed E-state index contributed by atoms with van der Waals surface area (Å²) in [5, 5.41) is 0. The molecule has 0 bridgehead atoms. The Morgan fingerprint density at radius 2 is 1.58 bits per heavy atom. The molecule has 6 heteroatoms. The second-order valence-corrected chi connectivity index (χ2v) is 8.34. The summed E-state index contributed by atoms with van der Waals surface area (Å²) >= 11 is 0. The third-order valence-corrected chi connectivity index (χ3v) is 5.58. The highest BCUT2D eigenvalue weighted by molar-refractivity contribution is 7.92. The molecule has 0 aliphatic carbocycles. The van der Waals surface area contributed by atoms with Crippen LogP contribution in [0.25, 0.3) is 0 Å². The molecular weight excluding hydrogens is 350 g/mol. The molecule has 0 radical (unpaired) electrons. The fraction of sp³-hybridized carbons (Fsp3) is 0.350. The average Bonchev–Trinajstić information content (AvgIpc) is 2.62. The number of anilines is 1. The summed E-state index contributed by atoms with van der Waals surface area (Å²) in [6, 6.07) is 16.4. The smallest absolute Gasteiger partial charge is 0.241 e. The Kier molecular flexibility index (Phi) is 7.21. The number of nitrogens with zero attached hydrogens (tertiary/aromatic N) is 1. The lowest BCUT2D eigenvalue weighted by Crippen LogP contribution is -2.33. The second-order valence-electron chi connectivity index (χ2n) is 6.16. The molecule has 0 aliphatic heterocycles. The van der Waals surface area contributed by atoms with Crippen molar-refractivity contribution in [1.82, 2.24) is 0 Å². The van der Waals surface area contributed by atoms with Gasteiger partial charge in [0.05, 0.1) is 5.75 Å². The Morgan fingerprint density at radius 1 is 0.962 bits per heavy atom. The van der Waals surface area contributed by atoms with Crippen LogP contribution in [0.4, 0.5) is 5.69 Å². The van der Waals surface area contributed by atoms with Crippen LogP contribution in [0.1, 0.15) is 26.2 Å². The molecular formula is C20H25NO4S. The zero-order valence-corrected chi connectivity index (χ0v) is 16.0. The van der Waals surface area contributed by atoms with Crippen LogP contribution >= 0.6 is 0 Å². The topological polar surface area (TPSA) is 63.7 Å². The van der Waals surface area contributed by atoms with E-state index in [-0.39, 0.29) is 5.75 Å². The van der Waals surface area contributed by atoms with Gasteiger partial charge >= 0.3 is 0 Å². The van der Waals surface area contributed by atoms with E-state index in [9.17, 15) is 13.2 Å². The minimum Gasteiger partial charge on any atom is -0.457 e. The number of para-hydroxylation sites is 1. The van der Waals surface area contributed by atoms with E-state index in [4.69, 9.17) is 4.74 Å².